The number of allylic oxidation sites excluding steroid dienone is 1. The minimum Gasteiger partial charge on any atom is -0.243 e. The minimum absolute atomic E-state index is 0.0709. The number of nitrogens with zero attached hydrogens (tertiary/aromatic N) is 1. The number of hydrogen-bond donors (Lipinski definition) is 0. The number of sulfonamides is 1. The lowest BCUT2D eigenvalue weighted by molar-refractivity contribution is 0.597. The Hall–Kier alpha value is -1.92. The standard InChI is InChI=1S/C21H25NO3S2/c1-17-13-15-21(16-14-17)27(24,25)22-26(23,20-11-7-4-8-12-20)18(2)19-9-5-3-6-10-19/h4,7-9,11-16,18H,3,5-6,10H2,1-2H3. The van der Waals surface area contributed by atoms with Crippen molar-refractivity contribution < 1.29 is 12.6 Å². The molecule has 2 atom stereocenters. The molecule has 1 aliphatic carbocycles. The van der Waals surface area contributed by atoms with Crippen LogP contribution in [0, 0.1) is 6.92 Å². The van der Waals surface area contributed by atoms with Gasteiger partial charge in [-0.1, -0.05) is 47.5 Å². The maximum atomic E-state index is 14.1. The summed E-state index contributed by atoms with van der Waals surface area (Å²) in [7, 11) is -7.24. The minimum atomic E-state index is -4.04. The molecule has 0 N–H and O–H groups in total. The SMILES string of the molecule is Cc1ccc(S(=O)(=O)N=S(=O)(c2ccccc2)C(C)C2=CCCCC2)cc1. The van der Waals surface area contributed by atoms with Gasteiger partial charge in [0.15, 0.2) is 0 Å². The van der Waals surface area contributed by atoms with E-state index in [4.69, 9.17) is 0 Å². The van der Waals surface area contributed by atoms with Crippen molar-refractivity contribution in [3.05, 3.63) is 71.8 Å². The Balaban J connectivity index is 2.18. The first-order valence-electron chi connectivity index (χ1n) is 9.16. The number of hydrogen-bond acceptors (Lipinski definition) is 3. The zero-order valence-corrected chi connectivity index (χ0v) is 17.3. The van der Waals surface area contributed by atoms with E-state index >= 15 is 0 Å². The van der Waals surface area contributed by atoms with Crippen LogP contribution >= 0.6 is 0 Å². The van der Waals surface area contributed by atoms with Gasteiger partial charge in [0.1, 0.15) is 0 Å². The summed E-state index contributed by atoms with van der Waals surface area (Å²) in [6, 6.07) is 15.2. The fourth-order valence-corrected chi connectivity index (χ4v) is 7.69. The second-order valence-electron chi connectivity index (χ2n) is 6.91. The first-order chi connectivity index (χ1) is 12.8. The summed E-state index contributed by atoms with van der Waals surface area (Å²) < 4.78 is 44.0. The van der Waals surface area contributed by atoms with Crippen LogP contribution in [0.5, 0.6) is 0 Å². The lowest BCUT2D eigenvalue weighted by Crippen LogP contribution is -2.23. The highest BCUT2D eigenvalue weighted by Crippen LogP contribution is 2.31. The van der Waals surface area contributed by atoms with Gasteiger partial charge in [0.2, 0.25) is 0 Å². The summed E-state index contributed by atoms with van der Waals surface area (Å²) in [5.74, 6) is 0. The van der Waals surface area contributed by atoms with Crippen molar-refractivity contribution in [2.24, 2.45) is 3.77 Å². The first kappa shape index (κ1) is 19.8. The molecule has 0 aliphatic heterocycles. The summed E-state index contributed by atoms with van der Waals surface area (Å²) in [6.45, 7) is 3.72. The molecule has 0 heterocycles. The van der Waals surface area contributed by atoms with Crippen molar-refractivity contribution in [2.75, 3.05) is 0 Å². The van der Waals surface area contributed by atoms with Crippen LogP contribution in [0.2, 0.25) is 0 Å². The highest BCUT2D eigenvalue weighted by atomic mass is 32.3. The summed E-state index contributed by atoms with van der Waals surface area (Å²) >= 11 is 0. The van der Waals surface area contributed by atoms with E-state index in [0.717, 1.165) is 36.8 Å². The zero-order valence-electron chi connectivity index (χ0n) is 15.7. The van der Waals surface area contributed by atoms with Gasteiger partial charge in [0, 0.05) is 4.90 Å². The molecule has 0 aromatic heterocycles. The molecule has 2 unspecified atom stereocenters. The second-order valence-corrected chi connectivity index (χ2v) is 11.2. The van der Waals surface area contributed by atoms with E-state index in [1.165, 1.54) is 12.1 Å². The van der Waals surface area contributed by atoms with Crippen molar-refractivity contribution in [3.63, 3.8) is 0 Å². The van der Waals surface area contributed by atoms with Gasteiger partial charge >= 0.3 is 0 Å². The molecule has 2 aromatic carbocycles. The Bertz CT molecular complexity index is 1050. The molecule has 0 saturated carbocycles. The third kappa shape index (κ3) is 4.33. The van der Waals surface area contributed by atoms with Crippen molar-refractivity contribution in [1.82, 2.24) is 0 Å². The smallest absolute Gasteiger partial charge is 0.243 e. The van der Waals surface area contributed by atoms with Gasteiger partial charge < -0.3 is 0 Å². The quantitative estimate of drug-likeness (QED) is 0.653. The fourth-order valence-electron chi connectivity index (χ4n) is 3.26. The summed E-state index contributed by atoms with van der Waals surface area (Å²) in [6.07, 6.45) is 6.03. The Kier molecular flexibility index (Phi) is 5.86. The van der Waals surface area contributed by atoms with Crippen LogP contribution in [0.3, 0.4) is 0 Å². The molecular formula is C21H25NO3S2. The predicted octanol–water partition coefficient (Wildman–Crippen LogP) is 5.10. The third-order valence-electron chi connectivity index (χ3n) is 4.94. The Morgan fingerprint density at radius 3 is 2.15 bits per heavy atom. The number of rotatable bonds is 5. The molecule has 0 bridgehead atoms. The second kappa shape index (κ2) is 7.98. The Morgan fingerprint density at radius 2 is 1.56 bits per heavy atom. The van der Waals surface area contributed by atoms with E-state index in [1.54, 1.807) is 36.4 Å². The van der Waals surface area contributed by atoms with Crippen LogP contribution in [0.25, 0.3) is 0 Å². The summed E-state index contributed by atoms with van der Waals surface area (Å²) in [5, 5.41) is -0.458. The van der Waals surface area contributed by atoms with E-state index in [0.29, 0.717) is 4.90 Å². The van der Waals surface area contributed by atoms with Gasteiger partial charge in [-0.2, -0.15) is 8.42 Å². The summed E-state index contributed by atoms with van der Waals surface area (Å²) in [4.78, 5) is 0.529. The molecule has 0 amide bonds. The van der Waals surface area contributed by atoms with Crippen LogP contribution in [-0.2, 0) is 19.8 Å². The lowest BCUT2D eigenvalue weighted by atomic mass is 9.98. The molecule has 4 nitrogen and oxygen atoms in total. The van der Waals surface area contributed by atoms with Gasteiger partial charge in [-0.25, -0.2) is 4.21 Å². The topological polar surface area (TPSA) is 63.6 Å². The third-order valence-corrected chi connectivity index (χ3v) is 9.68. The molecule has 27 heavy (non-hydrogen) atoms. The molecule has 0 saturated heterocycles. The molecule has 2 aromatic rings. The molecule has 3 rings (SSSR count). The molecule has 144 valence electrons. The lowest BCUT2D eigenvalue weighted by Gasteiger charge is -2.23. The Morgan fingerprint density at radius 1 is 0.889 bits per heavy atom. The van der Waals surface area contributed by atoms with Crippen LogP contribution in [0.1, 0.15) is 38.2 Å². The monoisotopic (exact) mass is 403 g/mol. The van der Waals surface area contributed by atoms with E-state index in [9.17, 15) is 12.6 Å². The van der Waals surface area contributed by atoms with Crippen LogP contribution < -0.4 is 0 Å². The summed E-state index contributed by atoms with van der Waals surface area (Å²) in [5.41, 5.74) is 2.00. The van der Waals surface area contributed by atoms with Crippen LogP contribution in [0.4, 0.5) is 0 Å². The van der Waals surface area contributed by atoms with Gasteiger partial charge in [-0.15, -0.1) is 3.77 Å². The van der Waals surface area contributed by atoms with Crippen molar-refractivity contribution in [2.45, 2.75) is 54.6 Å². The van der Waals surface area contributed by atoms with Crippen molar-refractivity contribution in [1.29, 1.82) is 0 Å². The molecule has 0 radical (unpaired) electrons. The van der Waals surface area contributed by atoms with Gasteiger partial charge in [-0.3, -0.25) is 0 Å². The highest BCUT2D eigenvalue weighted by molar-refractivity contribution is 8.03. The average molecular weight is 404 g/mol. The van der Waals surface area contributed by atoms with Crippen molar-refractivity contribution >= 4 is 19.8 Å². The van der Waals surface area contributed by atoms with Crippen LogP contribution in [0.15, 0.2) is 79.8 Å². The predicted molar refractivity (Wildman–Crippen MR) is 110 cm³/mol. The maximum Gasteiger partial charge on any atom is 0.290 e. The molecule has 0 fully saturated rings. The first-order valence-corrected chi connectivity index (χ1v) is 12.2. The van der Waals surface area contributed by atoms with Crippen LogP contribution in [-0.4, -0.2) is 17.9 Å². The van der Waals surface area contributed by atoms with E-state index in [-0.39, 0.29) is 4.90 Å². The van der Waals surface area contributed by atoms with Gasteiger partial charge in [0.25, 0.3) is 10.0 Å². The zero-order chi connectivity index (χ0) is 19.5. The number of benzene rings is 2. The molecule has 6 heteroatoms. The van der Waals surface area contributed by atoms with E-state index < -0.39 is 25.0 Å². The normalized spacial score (nSPS) is 18.2. The van der Waals surface area contributed by atoms with Gasteiger partial charge in [-0.05, 0) is 63.8 Å². The van der Waals surface area contributed by atoms with Crippen molar-refractivity contribution in [3.8, 4) is 0 Å². The maximum absolute atomic E-state index is 14.1. The van der Waals surface area contributed by atoms with Gasteiger partial charge in [0.05, 0.1) is 19.9 Å². The number of aryl methyl sites for hydroxylation is 1. The molecule has 0 spiro atoms. The van der Waals surface area contributed by atoms with E-state index in [2.05, 4.69) is 9.84 Å². The molecular weight excluding hydrogens is 378 g/mol. The largest absolute Gasteiger partial charge is 0.290 e. The average Bonchev–Trinajstić information content (AvgIpc) is 2.68. The Labute approximate surface area is 162 Å². The van der Waals surface area contributed by atoms with E-state index in [1.807, 2.05) is 19.9 Å². The molecule has 1 aliphatic rings. The highest BCUT2D eigenvalue weighted by Gasteiger charge is 2.29. The fraction of sp³-hybridized carbons (Fsp3) is 0.333.